The van der Waals surface area contributed by atoms with E-state index in [1.54, 1.807) is 0 Å². The van der Waals surface area contributed by atoms with Crippen LogP contribution in [0.2, 0.25) is 0 Å². The fourth-order valence-corrected chi connectivity index (χ4v) is 5.01. The molecule has 2 aliphatic rings. The van der Waals surface area contributed by atoms with E-state index in [1.807, 2.05) is 27.5 Å². The van der Waals surface area contributed by atoms with E-state index in [4.69, 9.17) is 5.73 Å². The van der Waals surface area contributed by atoms with Gasteiger partial charge in [-0.2, -0.15) is 0 Å². The molecule has 0 spiro atoms. The Morgan fingerprint density at radius 2 is 1.58 bits per heavy atom. The highest BCUT2D eigenvalue weighted by Crippen LogP contribution is 2.33. The zero-order valence-electron chi connectivity index (χ0n) is 18.4. The number of halogens is 1. The topological polar surface area (TPSA) is 87.4 Å². The van der Waals surface area contributed by atoms with Crippen molar-refractivity contribution in [3.05, 3.63) is 63.5 Å². The summed E-state index contributed by atoms with van der Waals surface area (Å²) in [5, 5.41) is 2.79. The van der Waals surface area contributed by atoms with Gasteiger partial charge in [0.1, 0.15) is 5.69 Å². The number of anilines is 3. The molecule has 2 aromatic carbocycles. The molecule has 0 saturated carbocycles. The van der Waals surface area contributed by atoms with E-state index < -0.39 is 0 Å². The van der Waals surface area contributed by atoms with Crippen molar-refractivity contribution in [2.45, 2.75) is 25.8 Å². The van der Waals surface area contributed by atoms with Crippen molar-refractivity contribution in [3.8, 4) is 11.1 Å². The van der Waals surface area contributed by atoms with Crippen molar-refractivity contribution in [2.24, 2.45) is 0 Å². The Hall–Kier alpha value is -2.72. The molecule has 33 heavy (non-hydrogen) atoms. The lowest BCUT2D eigenvalue weighted by molar-refractivity contribution is -0.115. The summed E-state index contributed by atoms with van der Waals surface area (Å²) in [6.07, 6.45) is 3.79. The summed E-state index contributed by atoms with van der Waals surface area (Å²) in [7, 11) is 0. The van der Waals surface area contributed by atoms with E-state index in [9.17, 15) is 4.79 Å². The lowest BCUT2D eigenvalue weighted by Gasteiger charge is -2.30. The number of carbonyl (C=O) groups is 1. The third-order valence-corrected chi connectivity index (χ3v) is 6.80. The van der Waals surface area contributed by atoms with Crippen LogP contribution < -0.4 is 16.0 Å². The minimum absolute atomic E-state index is 0.111. The van der Waals surface area contributed by atoms with E-state index in [0.717, 1.165) is 18.5 Å². The van der Waals surface area contributed by atoms with Crippen LogP contribution in [0.5, 0.6) is 0 Å². The molecular weight excluding hydrogens is 527 g/mol. The number of benzene rings is 2. The number of aromatic nitrogens is 2. The third-order valence-electron chi connectivity index (χ3n) is 6.32. The number of likely N-dealkylation sites (tertiary alicyclic amines) is 1. The molecule has 0 atom stereocenters. The normalized spacial score (nSPS) is 16.0. The molecule has 0 unspecified atom stereocenters. The maximum absolute atomic E-state index is 12.2. The van der Waals surface area contributed by atoms with Crippen molar-refractivity contribution in [3.63, 3.8) is 0 Å². The van der Waals surface area contributed by atoms with Crippen LogP contribution in [0.15, 0.2) is 48.5 Å². The number of nitrogens with zero attached hydrogens (tertiary/aromatic N) is 4. The lowest BCUT2D eigenvalue weighted by atomic mass is 10.0. The van der Waals surface area contributed by atoms with Gasteiger partial charge < -0.3 is 20.9 Å². The summed E-state index contributed by atoms with van der Waals surface area (Å²) in [6, 6.07) is 17.4. The molecule has 2 aliphatic heterocycles. The zero-order valence-corrected chi connectivity index (χ0v) is 20.6. The first-order chi connectivity index (χ1) is 16.0. The number of nitrogens with two attached hydrogens (primary N) is 1. The van der Waals surface area contributed by atoms with Gasteiger partial charge >= 0.3 is 0 Å². The smallest absolute Gasteiger partial charge is 0.244 e. The fourth-order valence-electron chi connectivity index (χ4n) is 4.53. The van der Waals surface area contributed by atoms with E-state index in [0.29, 0.717) is 27.7 Å². The first kappa shape index (κ1) is 22.1. The number of nitrogens with one attached hydrogen (secondary N) is 1. The molecule has 0 radical (unpaired) electrons. The summed E-state index contributed by atoms with van der Waals surface area (Å²) in [5.41, 5.74) is 11.4. The Morgan fingerprint density at radius 1 is 0.939 bits per heavy atom. The van der Waals surface area contributed by atoms with Gasteiger partial charge in [0.25, 0.3) is 0 Å². The molecule has 8 heteroatoms. The number of hydrogen-bond acceptors (Lipinski definition) is 6. The van der Waals surface area contributed by atoms with Crippen molar-refractivity contribution in [2.75, 3.05) is 42.1 Å². The Balaban J connectivity index is 1.26. The average Bonchev–Trinajstić information content (AvgIpc) is 3.33. The molecule has 1 aromatic heterocycles. The molecule has 170 valence electrons. The van der Waals surface area contributed by atoms with Gasteiger partial charge in [-0.1, -0.05) is 48.5 Å². The summed E-state index contributed by atoms with van der Waals surface area (Å²) < 4.78 is 0.559. The molecule has 1 fully saturated rings. The van der Waals surface area contributed by atoms with Crippen molar-refractivity contribution in [1.82, 2.24) is 14.9 Å². The standard InChI is InChI=1S/C25H27IN6O/c26-25-29-23(27)22-24(30-25)32(16-21(33)28-22)15-18-5-9-20(10-6-18)19-7-3-17(4-8-19)11-14-31-12-1-2-13-31/h3-10H,1-2,11-16H2,(H,28,33)(H2,27,29,30). The van der Waals surface area contributed by atoms with Crippen LogP contribution in [0.1, 0.15) is 24.0 Å². The highest BCUT2D eigenvalue weighted by atomic mass is 127. The summed E-state index contributed by atoms with van der Waals surface area (Å²) in [5.74, 6) is 0.849. The van der Waals surface area contributed by atoms with E-state index in [-0.39, 0.29) is 12.5 Å². The highest BCUT2D eigenvalue weighted by Gasteiger charge is 2.26. The molecule has 1 amide bonds. The second kappa shape index (κ2) is 9.64. The van der Waals surface area contributed by atoms with E-state index >= 15 is 0 Å². The number of nitrogen functional groups attached to an aromatic ring is 1. The second-order valence-electron chi connectivity index (χ2n) is 8.67. The van der Waals surface area contributed by atoms with Crippen LogP contribution in [0.4, 0.5) is 17.3 Å². The molecule has 3 N–H and O–H groups in total. The van der Waals surface area contributed by atoms with Crippen LogP contribution in [-0.4, -0.2) is 47.0 Å². The fraction of sp³-hybridized carbons (Fsp3) is 0.320. The van der Waals surface area contributed by atoms with E-state index in [2.05, 4.69) is 68.7 Å². The largest absolute Gasteiger partial charge is 0.382 e. The van der Waals surface area contributed by atoms with Gasteiger partial charge in [-0.25, -0.2) is 9.97 Å². The number of rotatable bonds is 6. The third kappa shape index (κ3) is 5.11. The lowest BCUT2D eigenvalue weighted by Crippen LogP contribution is -2.39. The molecule has 3 heterocycles. The van der Waals surface area contributed by atoms with Crippen molar-refractivity contribution in [1.29, 1.82) is 0 Å². The SMILES string of the molecule is Nc1nc(I)nc2c1NC(=O)CN2Cc1ccc(-c2ccc(CCN3CCCC3)cc2)cc1. The molecule has 3 aromatic rings. The number of hydrogen-bond donors (Lipinski definition) is 2. The predicted octanol–water partition coefficient (Wildman–Crippen LogP) is 3.93. The molecule has 0 bridgehead atoms. The van der Waals surface area contributed by atoms with Gasteiger partial charge in [0.15, 0.2) is 15.5 Å². The van der Waals surface area contributed by atoms with Crippen LogP contribution in [-0.2, 0) is 17.8 Å². The highest BCUT2D eigenvalue weighted by molar-refractivity contribution is 14.1. The van der Waals surface area contributed by atoms with Crippen LogP contribution in [0, 0.1) is 3.83 Å². The summed E-state index contributed by atoms with van der Waals surface area (Å²) in [6.45, 7) is 4.46. The number of amides is 1. The average molecular weight is 554 g/mol. The Kier molecular flexibility index (Phi) is 6.45. The van der Waals surface area contributed by atoms with E-state index in [1.165, 1.54) is 42.6 Å². The van der Waals surface area contributed by atoms with Gasteiger partial charge in [0.2, 0.25) is 5.91 Å². The Labute approximate surface area is 207 Å². The molecule has 1 saturated heterocycles. The van der Waals surface area contributed by atoms with Crippen LogP contribution >= 0.6 is 22.6 Å². The van der Waals surface area contributed by atoms with Crippen molar-refractivity contribution < 1.29 is 4.79 Å². The number of carbonyl (C=O) groups excluding carboxylic acids is 1. The monoisotopic (exact) mass is 554 g/mol. The van der Waals surface area contributed by atoms with Crippen LogP contribution in [0.3, 0.4) is 0 Å². The van der Waals surface area contributed by atoms with Crippen molar-refractivity contribution >= 4 is 45.8 Å². The van der Waals surface area contributed by atoms with Gasteiger partial charge in [0, 0.05) is 35.7 Å². The van der Waals surface area contributed by atoms with Crippen LogP contribution in [0.25, 0.3) is 11.1 Å². The van der Waals surface area contributed by atoms with Gasteiger partial charge in [0.05, 0.1) is 6.54 Å². The minimum atomic E-state index is -0.111. The summed E-state index contributed by atoms with van der Waals surface area (Å²) >= 11 is 2.04. The summed E-state index contributed by atoms with van der Waals surface area (Å²) in [4.78, 5) is 25.3. The van der Waals surface area contributed by atoms with Gasteiger partial charge in [-0.3, -0.25) is 4.79 Å². The van der Waals surface area contributed by atoms with Gasteiger partial charge in [-0.15, -0.1) is 0 Å². The quantitative estimate of drug-likeness (QED) is 0.355. The zero-order chi connectivity index (χ0) is 22.8. The Morgan fingerprint density at radius 3 is 2.24 bits per heavy atom. The molecule has 0 aliphatic carbocycles. The molecular formula is C25H27IN6O. The maximum Gasteiger partial charge on any atom is 0.244 e. The minimum Gasteiger partial charge on any atom is -0.382 e. The predicted molar refractivity (Wildman–Crippen MR) is 140 cm³/mol. The Bertz CT molecular complexity index is 1140. The maximum atomic E-state index is 12.2. The molecule has 5 rings (SSSR count). The number of fused-ring (bicyclic) bond motifs is 1. The molecule has 7 nitrogen and oxygen atoms in total. The second-order valence-corrected chi connectivity index (χ2v) is 9.64. The van der Waals surface area contributed by atoms with Gasteiger partial charge in [-0.05, 0) is 54.6 Å². The first-order valence-corrected chi connectivity index (χ1v) is 12.4. The first-order valence-electron chi connectivity index (χ1n) is 11.3.